The Morgan fingerprint density at radius 3 is 3.31 bits per heavy atom. The van der Waals surface area contributed by atoms with E-state index in [0.717, 1.165) is 32.6 Å². The smallest absolute Gasteiger partial charge is 0.0931 e. The molecule has 16 heavy (non-hydrogen) atoms. The van der Waals surface area contributed by atoms with Gasteiger partial charge in [0.2, 0.25) is 0 Å². The van der Waals surface area contributed by atoms with Gasteiger partial charge in [-0.2, -0.15) is 0 Å². The second-order valence-electron chi connectivity index (χ2n) is 4.36. The minimum Gasteiger partial charge on any atom is -0.381 e. The molecule has 3 nitrogen and oxygen atoms in total. The van der Waals surface area contributed by atoms with Gasteiger partial charge in [0, 0.05) is 30.7 Å². The van der Waals surface area contributed by atoms with E-state index in [4.69, 9.17) is 4.74 Å². The Labute approximate surface area is 101 Å². The van der Waals surface area contributed by atoms with Crippen molar-refractivity contribution in [3.8, 4) is 0 Å². The van der Waals surface area contributed by atoms with Crippen LogP contribution < -0.4 is 5.32 Å². The monoisotopic (exact) mass is 240 g/mol. The number of hydrogen-bond acceptors (Lipinski definition) is 4. The first-order chi connectivity index (χ1) is 7.88. The van der Waals surface area contributed by atoms with E-state index in [2.05, 4.69) is 10.3 Å². The van der Waals surface area contributed by atoms with Gasteiger partial charge in [-0.25, -0.2) is 4.98 Å². The van der Waals surface area contributed by atoms with Crippen molar-refractivity contribution in [2.24, 2.45) is 5.92 Å². The number of ether oxygens (including phenoxy) is 1. The zero-order chi connectivity index (χ0) is 11.2. The molecule has 0 spiro atoms. The summed E-state index contributed by atoms with van der Waals surface area (Å²) in [5, 5.41) is 4.44. The molecule has 90 valence electrons. The van der Waals surface area contributed by atoms with E-state index >= 15 is 0 Å². The molecule has 2 heterocycles. The predicted octanol–water partition coefficient (Wildman–Crippen LogP) is 1.87. The number of likely N-dealkylation sites (N-methyl/N-ethyl adjacent to an activating group) is 1. The van der Waals surface area contributed by atoms with Gasteiger partial charge in [0.25, 0.3) is 0 Å². The van der Waals surface area contributed by atoms with Crippen molar-refractivity contribution in [1.82, 2.24) is 10.3 Å². The highest BCUT2D eigenvalue weighted by Crippen LogP contribution is 2.22. The third-order valence-corrected chi connectivity index (χ3v) is 4.02. The summed E-state index contributed by atoms with van der Waals surface area (Å²) in [7, 11) is 1.99. The predicted molar refractivity (Wildman–Crippen MR) is 67.0 cm³/mol. The summed E-state index contributed by atoms with van der Waals surface area (Å²) >= 11 is 1.86. The molecule has 0 saturated carbocycles. The van der Waals surface area contributed by atoms with Gasteiger partial charge < -0.3 is 10.1 Å². The van der Waals surface area contributed by atoms with Crippen LogP contribution in [0.15, 0.2) is 6.20 Å². The SMILES string of the molecule is CNCCc1cnc(CC2CCCOC2)s1. The van der Waals surface area contributed by atoms with E-state index in [9.17, 15) is 0 Å². The molecule has 4 heteroatoms. The highest BCUT2D eigenvalue weighted by Gasteiger charge is 2.16. The van der Waals surface area contributed by atoms with Crippen LogP contribution in [0.1, 0.15) is 22.7 Å². The fraction of sp³-hybridized carbons (Fsp3) is 0.750. The average molecular weight is 240 g/mol. The minimum atomic E-state index is 0.692. The Bertz CT molecular complexity index is 308. The largest absolute Gasteiger partial charge is 0.381 e. The van der Waals surface area contributed by atoms with Crippen LogP contribution in [-0.2, 0) is 17.6 Å². The molecule has 0 aromatic carbocycles. The Balaban J connectivity index is 1.81. The zero-order valence-electron chi connectivity index (χ0n) is 9.87. The topological polar surface area (TPSA) is 34.2 Å². The summed E-state index contributed by atoms with van der Waals surface area (Å²) in [4.78, 5) is 5.89. The average Bonchev–Trinajstić information content (AvgIpc) is 2.75. The highest BCUT2D eigenvalue weighted by atomic mass is 32.1. The Morgan fingerprint density at radius 2 is 2.56 bits per heavy atom. The lowest BCUT2D eigenvalue weighted by atomic mass is 9.99. The fourth-order valence-electron chi connectivity index (χ4n) is 2.02. The van der Waals surface area contributed by atoms with Gasteiger partial charge in [0.15, 0.2) is 0 Å². The summed E-state index contributed by atoms with van der Waals surface area (Å²) in [6.45, 7) is 2.90. The fourth-order valence-corrected chi connectivity index (χ4v) is 3.06. The van der Waals surface area contributed by atoms with E-state index < -0.39 is 0 Å². The molecule has 0 radical (unpaired) electrons. The molecule has 1 aliphatic heterocycles. The van der Waals surface area contributed by atoms with Crippen molar-refractivity contribution in [1.29, 1.82) is 0 Å². The second-order valence-corrected chi connectivity index (χ2v) is 5.56. The number of rotatable bonds is 5. The van der Waals surface area contributed by atoms with Crippen LogP contribution in [0.3, 0.4) is 0 Å². The molecule has 1 unspecified atom stereocenters. The lowest BCUT2D eigenvalue weighted by Gasteiger charge is -2.20. The van der Waals surface area contributed by atoms with Crippen molar-refractivity contribution in [2.75, 3.05) is 26.8 Å². The maximum atomic E-state index is 5.49. The normalized spacial score (nSPS) is 21.2. The third kappa shape index (κ3) is 3.54. The van der Waals surface area contributed by atoms with Crippen LogP contribution in [-0.4, -0.2) is 31.8 Å². The van der Waals surface area contributed by atoms with E-state index in [-0.39, 0.29) is 0 Å². The van der Waals surface area contributed by atoms with Crippen LogP contribution in [0.25, 0.3) is 0 Å². The molecule has 2 rings (SSSR count). The standard InChI is InChI=1S/C12H20N2OS/c1-13-5-4-11-8-14-12(16-11)7-10-3-2-6-15-9-10/h8,10,13H,2-7,9H2,1H3. The molecule has 1 saturated heterocycles. The summed E-state index contributed by atoms with van der Waals surface area (Å²) in [6.07, 6.45) is 6.73. The summed E-state index contributed by atoms with van der Waals surface area (Å²) < 4.78 is 5.49. The quantitative estimate of drug-likeness (QED) is 0.853. The van der Waals surface area contributed by atoms with Gasteiger partial charge in [-0.15, -0.1) is 11.3 Å². The maximum absolute atomic E-state index is 5.49. The lowest BCUT2D eigenvalue weighted by molar-refractivity contribution is 0.0550. The molecule has 1 aliphatic rings. The van der Waals surface area contributed by atoms with Crippen LogP contribution in [0.2, 0.25) is 0 Å². The first-order valence-electron chi connectivity index (χ1n) is 6.04. The number of thiazole rings is 1. The summed E-state index contributed by atoms with van der Waals surface area (Å²) in [6, 6.07) is 0. The van der Waals surface area contributed by atoms with Gasteiger partial charge >= 0.3 is 0 Å². The van der Waals surface area contributed by atoms with Crippen LogP contribution in [0, 0.1) is 5.92 Å². The van der Waals surface area contributed by atoms with Gasteiger partial charge in [-0.1, -0.05) is 0 Å². The molecule has 1 aromatic rings. The minimum absolute atomic E-state index is 0.692. The molecular weight excluding hydrogens is 220 g/mol. The first kappa shape index (κ1) is 12.0. The zero-order valence-corrected chi connectivity index (χ0v) is 10.7. The van der Waals surface area contributed by atoms with Crippen LogP contribution in [0.5, 0.6) is 0 Å². The number of aromatic nitrogens is 1. The molecule has 0 aliphatic carbocycles. The Morgan fingerprint density at radius 1 is 1.62 bits per heavy atom. The maximum Gasteiger partial charge on any atom is 0.0931 e. The van der Waals surface area contributed by atoms with Gasteiger partial charge in [-0.05, 0) is 38.8 Å². The van der Waals surface area contributed by atoms with Crippen molar-refractivity contribution < 1.29 is 4.74 Å². The van der Waals surface area contributed by atoms with E-state index in [1.54, 1.807) is 0 Å². The van der Waals surface area contributed by atoms with E-state index in [1.165, 1.54) is 22.7 Å². The lowest BCUT2D eigenvalue weighted by Crippen LogP contribution is -2.19. The van der Waals surface area contributed by atoms with Crippen molar-refractivity contribution in [2.45, 2.75) is 25.7 Å². The summed E-state index contributed by atoms with van der Waals surface area (Å²) in [5.41, 5.74) is 0. The highest BCUT2D eigenvalue weighted by molar-refractivity contribution is 7.11. The third-order valence-electron chi connectivity index (χ3n) is 2.94. The summed E-state index contributed by atoms with van der Waals surface area (Å²) in [5.74, 6) is 0.692. The van der Waals surface area contributed by atoms with Gasteiger partial charge in [0.1, 0.15) is 0 Å². The number of nitrogens with one attached hydrogen (secondary N) is 1. The Hall–Kier alpha value is -0.450. The molecular formula is C12H20N2OS. The molecule has 0 bridgehead atoms. The van der Waals surface area contributed by atoms with Crippen molar-refractivity contribution >= 4 is 11.3 Å². The molecule has 1 N–H and O–H groups in total. The van der Waals surface area contributed by atoms with Crippen molar-refractivity contribution in [3.63, 3.8) is 0 Å². The molecule has 1 fully saturated rings. The van der Waals surface area contributed by atoms with Gasteiger partial charge in [-0.3, -0.25) is 0 Å². The van der Waals surface area contributed by atoms with Crippen molar-refractivity contribution in [3.05, 3.63) is 16.1 Å². The van der Waals surface area contributed by atoms with Crippen LogP contribution in [0.4, 0.5) is 0 Å². The molecule has 1 aromatic heterocycles. The number of hydrogen-bond donors (Lipinski definition) is 1. The first-order valence-corrected chi connectivity index (χ1v) is 6.86. The molecule has 0 amide bonds. The number of nitrogens with zero attached hydrogens (tertiary/aromatic N) is 1. The van der Waals surface area contributed by atoms with E-state index in [0.29, 0.717) is 5.92 Å². The van der Waals surface area contributed by atoms with E-state index in [1.807, 2.05) is 24.6 Å². The Kier molecular flexibility index (Phi) is 4.75. The van der Waals surface area contributed by atoms with Gasteiger partial charge in [0.05, 0.1) is 5.01 Å². The second kappa shape index (κ2) is 6.33. The molecule has 1 atom stereocenters. The van der Waals surface area contributed by atoms with Crippen LogP contribution >= 0.6 is 11.3 Å².